The van der Waals surface area contributed by atoms with Gasteiger partial charge in [0.1, 0.15) is 18.0 Å². The van der Waals surface area contributed by atoms with Crippen LogP contribution in [0.1, 0.15) is 13.8 Å². The molecule has 1 fully saturated rings. The molecule has 0 saturated carbocycles. The monoisotopic (exact) mass is 467 g/mol. The van der Waals surface area contributed by atoms with Crippen molar-refractivity contribution >= 4 is 17.6 Å². The Bertz CT molecular complexity index is 1000. The van der Waals surface area contributed by atoms with E-state index in [9.17, 15) is 9.59 Å². The third-order valence-electron chi connectivity index (χ3n) is 5.77. The van der Waals surface area contributed by atoms with E-state index in [0.29, 0.717) is 49.9 Å². The summed E-state index contributed by atoms with van der Waals surface area (Å²) in [6.45, 7) is 10.2. The molecule has 0 aliphatic carbocycles. The van der Waals surface area contributed by atoms with Gasteiger partial charge in [-0.2, -0.15) is 0 Å². The van der Waals surface area contributed by atoms with Crippen LogP contribution in [0.25, 0.3) is 11.3 Å². The Kier molecular flexibility index (Phi) is 8.45. The van der Waals surface area contributed by atoms with Crippen molar-refractivity contribution in [2.75, 3.05) is 58.4 Å². The number of carbonyl (C=O) groups excluding carboxylic acids is 2. The summed E-state index contributed by atoms with van der Waals surface area (Å²) in [6.07, 6.45) is 1.65. The van der Waals surface area contributed by atoms with E-state index in [-0.39, 0.29) is 24.3 Å². The van der Waals surface area contributed by atoms with Gasteiger partial charge in [0.15, 0.2) is 5.82 Å². The van der Waals surface area contributed by atoms with E-state index in [2.05, 4.69) is 21.7 Å². The van der Waals surface area contributed by atoms with Crippen molar-refractivity contribution in [3.8, 4) is 22.8 Å². The molecule has 182 valence electrons. The van der Waals surface area contributed by atoms with Crippen LogP contribution in [-0.2, 0) is 9.59 Å². The molecule has 1 aliphatic heterocycles. The maximum Gasteiger partial charge on any atom is 0.242 e. The molecule has 0 N–H and O–H groups in total. The zero-order chi connectivity index (χ0) is 24.7. The molecule has 2 aromatic rings. The SMILES string of the molecule is C=CCN(CC(=O)N1CCN(c2ccc(-c3ccc(OC)cc3OC)nn2)CC1)C(=O)C(C)C. The number of piperazine rings is 1. The summed E-state index contributed by atoms with van der Waals surface area (Å²) in [6, 6.07) is 9.40. The minimum Gasteiger partial charge on any atom is -0.497 e. The minimum atomic E-state index is -0.163. The summed E-state index contributed by atoms with van der Waals surface area (Å²) in [5.74, 6) is 1.86. The van der Waals surface area contributed by atoms with Gasteiger partial charge >= 0.3 is 0 Å². The van der Waals surface area contributed by atoms with E-state index < -0.39 is 0 Å². The van der Waals surface area contributed by atoms with Crippen LogP contribution >= 0.6 is 0 Å². The first-order valence-corrected chi connectivity index (χ1v) is 11.4. The Labute approximate surface area is 201 Å². The molecule has 0 bridgehead atoms. The van der Waals surface area contributed by atoms with Gasteiger partial charge < -0.3 is 24.2 Å². The second-order valence-corrected chi connectivity index (χ2v) is 8.37. The predicted molar refractivity (Wildman–Crippen MR) is 131 cm³/mol. The highest BCUT2D eigenvalue weighted by molar-refractivity contribution is 5.86. The number of ether oxygens (including phenoxy) is 2. The number of hydrogen-bond acceptors (Lipinski definition) is 7. The first-order valence-electron chi connectivity index (χ1n) is 11.4. The highest BCUT2D eigenvalue weighted by Gasteiger charge is 2.26. The summed E-state index contributed by atoms with van der Waals surface area (Å²) in [5, 5.41) is 8.80. The lowest BCUT2D eigenvalue weighted by molar-refractivity contribution is -0.142. The Morgan fingerprint density at radius 1 is 1.09 bits per heavy atom. The fourth-order valence-electron chi connectivity index (χ4n) is 3.85. The molecule has 1 aromatic heterocycles. The van der Waals surface area contributed by atoms with Crippen molar-refractivity contribution in [2.24, 2.45) is 5.92 Å². The number of carbonyl (C=O) groups is 2. The predicted octanol–water partition coefficient (Wildman–Crippen LogP) is 2.48. The number of rotatable bonds is 9. The molecule has 0 atom stereocenters. The molecule has 3 rings (SSSR count). The van der Waals surface area contributed by atoms with Crippen LogP contribution in [0.4, 0.5) is 5.82 Å². The topological polar surface area (TPSA) is 88.1 Å². The maximum atomic E-state index is 12.8. The highest BCUT2D eigenvalue weighted by atomic mass is 16.5. The Hall–Kier alpha value is -3.62. The number of methoxy groups -OCH3 is 2. The van der Waals surface area contributed by atoms with Crippen molar-refractivity contribution in [3.63, 3.8) is 0 Å². The third kappa shape index (κ3) is 5.84. The fourth-order valence-corrected chi connectivity index (χ4v) is 3.85. The standard InChI is InChI=1S/C25H33N5O4/c1-6-11-30(25(32)18(2)3)17-24(31)29-14-12-28(13-15-29)23-10-9-21(26-27-23)20-8-7-19(33-4)16-22(20)34-5/h6-10,16,18H,1,11-15,17H2,2-5H3. The molecule has 0 unspecified atom stereocenters. The highest BCUT2D eigenvalue weighted by Crippen LogP contribution is 2.32. The quantitative estimate of drug-likeness (QED) is 0.524. The van der Waals surface area contributed by atoms with Crippen LogP contribution in [0.2, 0.25) is 0 Å². The zero-order valence-corrected chi connectivity index (χ0v) is 20.4. The second kappa shape index (κ2) is 11.5. The summed E-state index contributed by atoms with van der Waals surface area (Å²) >= 11 is 0. The number of anilines is 1. The molecule has 9 nitrogen and oxygen atoms in total. The van der Waals surface area contributed by atoms with Crippen molar-refractivity contribution in [1.29, 1.82) is 0 Å². The Morgan fingerprint density at radius 2 is 1.82 bits per heavy atom. The molecule has 0 spiro atoms. The molecule has 34 heavy (non-hydrogen) atoms. The van der Waals surface area contributed by atoms with Crippen molar-refractivity contribution < 1.29 is 19.1 Å². The van der Waals surface area contributed by atoms with Crippen molar-refractivity contribution in [2.45, 2.75) is 13.8 Å². The second-order valence-electron chi connectivity index (χ2n) is 8.37. The van der Waals surface area contributed by atoms with Gasteiger partial charge in [0.05, 0.1) is 19.9 Å². The van der Waals surface area contributed by atoms with Gasteiger partial charge in [-0.1, -0.05) is 19.9 Å². The van der Waals surface area contributed by atoms with Gasteiger partial charge in [-0.3, -0.25) is 9.59 Å². The average molecular weight is 468 g/mol. The molecule has 9 heteroatoms. The maximum absolute atomic E-state index is 12.8. The molecule has 2 amide bonds. The third-order valence-corrected chi connectivity index (χ3v) is 5.77. The Balaban J connectivity index is 1.61. The van der Waals surface area contributed by atoms with E-state index in [0.717, 1.165) is 11.4 Å². The van der Waals surface area contributed by atoms with Crippen LogP contribution in [0.5, 0.6) is 11.5 Å². The minimum absolute atomic E-state index is 0.0456. The average Bonchev–Trinajstić information content (AvgIpc) is 2.87. The number of hydrogen-bond donors (Lipinski definition) is 0. The number of benzene rings is 1. The van der Waals surface area contributed by atoms with Crippen LogP contribution in [0.15, 0.2) is 43.0 Å². The zero-order valence-electron chi connectivity index (χ0n) is 20.4. The lowest BCUT2D eigenvalue weighted by atomic mass is 10.1. The summed E-state index contributed by atoms with van der Waals surface area (Å²) in [7, 11) is 3.22. The van der Waals surface area contributed by atoms with Crippen molar-refractivity contribution in [1.82, 2.24) is 20.0 Å². The molecule has 1 aromatic carbocycles. The van der Waals surface area contributed by atoms with Gasteiger partial charge in [-0.25, -0.2) is 0 Å². The summed E-state index contributed by atoms with van der Waals surface area (Å²) in [5.41, 5.74) is 1.53. The molecule has 2 heterocycles. The van der Waals surface area contributed by atoms with Crippen LogP contribution in [0, 0.1) is 5.92 Å². The smallest absolute Gasteiger partial charge is 0.242 e. The van der Waals surface area contributed by atoms with E-state index in [4.69, 9.17) is 9.47 Å². The van der Waals surface area contributed by atoms with E-state index >= 15 is 0 Å². The molecule has 1 saturated heterocycles. The number of nitrogens with zero attached hydrogens (tertiary/aromatic N) is 5. The van der Waals surface area contributed by atoms with Gasteiger partial charge in [0.2, 0.25) is 11.8 Å². The molecule has 1 aliphatic rings. The van der Waals surface area contributed by atoms with Gasteiger partial charge in [-0.15, -0.1) is 16.8 Å². The summed E-state index contributed by atoms with van der Waals surface area (Å²) in [4.78, 5) is 30.6. The summed E-state index contributed by atoms with van der Waals surface area (Å²) < 4.78 is 10.7. The van der Waals surface area contributed by atoms with Crippen LogP contribution in [0.3, 0.4) is 0 Å². The van der Waals surface area contributed by atoms with E-state index in [1.54, 1.807) is 30.1 Å². The van der Waals surface area contributed by atoms with E-state index in [1.165, 1.54) is 0 Å². The number of aromatic nitrogens is 2. The first kappa shape index (κ1) is 25.0. The van der Waals surface area contributed by atoms with Crippen LogP contribution in [-0.4, -0.2) is 85.3 Å². The lowest BCUT2D eigenvalue weighted by Gasteiger charge is -2.36. The van der Waals surface area contributed by atoms with Crippen molar-refractivity contribution in [3.05, 3.63) is 43.0 Å². The Morgan fingerprint density at radius 3 is 2.38 bits per heavy atom. The fraction of sp³-hybridized carbons (Fsp3) is 0.440. The molecule has 0 radical (unpaired) electrons. The normalized spacial score (nSPS) is 13.6. The van der Waals surface area contributed by atoms with Crippen LogP contribution < -0.4 is 14.4 Å². The van der Waals surface area contributed by atoms with Gasteiger partial charge in [-0.05, 0) is 24.3 Å². The largest absolute Gasteiger partial charge is 0.497 e. The van der Waals surface area contributed by atoms with E-state index in [1.807, 2.05) is 44.2 Å². The molecular formula is C25H33N5O4. The lowest BCUT2D eigenvalue weighted by Crippen LogP contribution is -2.52. The van der Waals surface area contributed by atoms with Gasteiger partial charge in [0, 0.05) is 50.3 Å². The first-order chi connectivity index (χ1) is 16.4. The number of amides is 2. The molecular weight excluding hydrogens is 434 g/mol. The van der Waals surface area contributed by atoms with Gasteiger partial charge in [0.25, 0.3) is 0 Å².